The Kier molecular flexibility index (Phi) is 3.54. The molecule has 3 aromatic rings. The molecule has 0 atom stereocenters. The summed E-state index contributed by atoms with van der Waals surface area (Å²) in [4.78, 5) is 0. The molecule has 4 nitrogen and oxygen atoms in total. The summed E-state index contributed by atoms with van der Waals surface area (Å²) in [6, 6.07) is 10.2. The van der Waals surface area contributed by atoms with Gasteiger partial charge in [0.2, 0.25) is 0 Å². The van der Waals surface area contributed by atoms with Gasteiger partial charge in [0.1, 0.15) is 17.3 Å². The fourth-order valence-corrected chi connectivity index (χ4v) is 3.05. The second-order valence-corrected chi connectivity index (χ2v) is 5.76. The van der Waals surface area contributed by atoms with Crippen LogP contribution in [-0.2, 0) is 13.0 Å². The zero-order chi connectivity index (χ0) is 16.7. The van der Waals surface area contributed by atoms with Crippen molar-refractivity contribution >= 4 is 0 Å². The van der Waals surface area contributed by atoms with Crippen LogP contribution in [0.15, 0.2) is 42.5 Å². The lowest BCUT2D eigenvalue weighted by Gasteiger charge is -2.16. The van der Waals surface area contributed by atoms with Crippen LogP contribution in [0, 0.1) is 11.6 Å². The van der Waals surface area contributed by atoms with Crippen LogP contribution in [0.5, 0.6) is 5.75 Å². The van der Waals surface area contributed by atoms with Gasteiger partial charge in [0.15, 0.2) is 5.82 Å². The number of phenolic OH excluding ortho intramolecular Hbond substituents is 1. The molecule has 2 heterocycles. The van der Waals surface area contributed by atoms with Crippen molar-refractivity contribution in [3.05, 3.63) is 65.4 Å². The maximum Gasteiger partial charge on any atom is 0.151 e. The van der Waals surface area contributed by atoms with Gasteiger partial charge in [-0.3, -0.25) is 0 Å². The molecule has 2 aromatic carbocycles. The first-order valence-corrected chi connectivity index (χ1v) is 7.70. The van der Waals surface area contributed by atoms with E-state index in [1.807, 2.05) is 0 Å². The van der Waals surface area contributed by atoms with Crippen molar-refractivity contribution in [2.24, 2.45) is 0 Å². The van der Waals surface area contributed by atoms with Crippen LogP contribution in [-0.4, -0.2) is 21.4 Å². The second-order valence-electron chi connectivity index (χ2n) is 5.76. The fraction of sp³-hybridized carbons (Fsp3) is 0.167. The number of fused-ring (bicyclic) bond motifs is 1. The van der Waals surface area contributed by atoms with E-state index in [1.165, 1.54) is 12.1 Å². The zero-order valence-electron chi connectivity index (χ0n) is 12.8. The normalized spacial score (nSPS) is 13.8. The standard InChI is InChI=1S/C18H15F2N3O/c19-12-3-6-17(15(20)9-12)23-16-7-8-21-10-14(16)18(22-23)11-1-4-13(24)5-2-11/h1-6,9,21,24H,7-8,10H2. The Bertz CT molecular complexity index is 903. The summed E-state index contributed by atoms with van der Waals surface area (Å²) in [5.74, 6) is -1.08. The third-order valence-corrected chi connectivity index (χ3v) is 4.21. The molecule has 0 unspecified atom stereocenters. The molecule has 24 heavy (non-hydrogen) atoms. The molecule has 122 valence electrons. The molecular formula is C18H15F2N3O. The number of hydrogen-bond acceptors (Lipinski definition) is 3. The Morgan fingerprint density at radius 3 is 2.62 bits per heavy atom. The van der Waals surface area contributed by atoms with Gasteiger partial charge in [0.05, 0.1) is 11.4 Å². The molecule has 0 bridgehead atoms. The van der Waals surface area contributed by atoms with Gasteiger partial charge in [-0.2, -0.15) is 5.10 Å². The van der Waals surface area contributed by atoms with E-state index in [1.54, 1.807) is 28.9 Å². The van der Waals surface area contributed by atoms with Crippen LogP contribution in [0.3, 0.4) is 0 Å². The van der Waals surface area contributed by atoms with Crippen LogP contribution in [0.2, 0.25) is 0 Å². The van der Waals surface area contributed by atoms with E-state index < -0.39 is 11.6 Å². The van der Waals surface area contributed by atoms with Gasteiger partial charge in [-0.15, -0.1) is 0 Å². The molecule has 0 saturated heterocycles. The predicted octanol–water partition coefficient (Wildman–Crippen LogP) is 3.17. The highest BCUT2D eigenvalue weighted by Gasteiger charge is 2.23. The highest BCUT2D eigenvalue weighted by Crippen LogP contribution is 2.31. The minimum atomic E-state index is -0.643. The number of aromatic hydroxyl groups is 1. The summed E-state index contributed by atoms with van der Waals surface area (Å²) in [6.07, 6.45) is 0.706. The monoisotopic (exact) mass is 327 g/mol. The minimum absolute atomic E-state index is 0.176. The van der Waals surface area contributed by atoms with Crippen LogP contribution in [0.25, 0.3) is 16.9 Å². The molecule has 2 N–H and O–H groups in total. The van der Waals surface area contributed by atoms with E-state index in [9.17, 15) is 13.9 Å². The summed E-state index contributed by atoms with van der Waals surface area (Å²) in [5.41, 5.74) is 3.73. The Morgan fingerprint density at radius 2 is 1.88 bits per heavy atom. The van der Waals surface area contributed by atoms with Crippen LogP contribution in [0.1, 0.15) is 11.3 Å². The Hall–Kier alpha value is -2.73. The van der Waals surface area contributed by atoms with Crippen molar-refractivity contribution in [3.63, 3.8) is 0 Å². The van der Waals surface area contributed by atoms with E-state index >= 15 is 0 Å². The number of aromatic nitrogens is 2. The van der Waals surface area contributed by atoms with Gasteiger partial charge in [-0.05, 0) is 36.4 Å². The number of benzene rings is 2. The van der Waals surface area contributed by atoms with E-state index in [2.05, 4.69) is 10.4 Å². The van der Waals surface area contributed by atoms with Gasteiger partial charge < -0.3 is 10.4 Å². The first-order chi connectivity index (χ1) is 11.6. The number of halogens is 2. The smallest absolute Gasteiger partial charge is 0.151 e. The molecule has 1 aromatic heterocycles. The van der Waals surface area contributed by atoms with Crippen molar-refractivity contribution in [2.45, 2.75) is 13.0 Å². The number of rotatable bonds is 2. The summed E-state index contributed by atoms with van der Waals surface area (Å²) in [7, 11) is 0. The number of nitrogens with one attached hydrogen (secondary N) is 1. The third kappa shape index (κ3) is 2.45. The second kappa shape index (κ2) is 5.72. The molecule has 0 fully saturated rings. The lowest BCUT2D eigenvalue weighted by atomic mass is 10.0. The molecule has 1 aliphatic heterocycles. The fourth-order valence-electron chi connectivity index (χ4n) is 3.05. The van der Waals surface area contributed by atoms with E-state index in [4.69, 9.17) is 0 Å². The van der Waals surface area contributed by atoms with Gasteiger partial charge in [0.25, 0.3) is 0 Å². The van der Waals surface area contributed by atoms with Gasteiger partial charge in [-0.25, -0.2) is 13.5 Å². The number of hydrogen-bond donors (Lipinski definition) is 2. The first kappa shape index (κ1) is 14.8. The van der Waals surface area contributed by atoms with E-state index in [0.29, 0.717) is 13.0 Å². The lowest BCUT2D eigenvalue weighted by molar-refractivity contribution is 0.475. The molecule has 4 rings (SSSR count). The van der Waals surface area contributed by atoms with Crippen molar-refractivity contribution in [1.29, 1.82) is 0 Å². The minimum Gasteiger partial charge on any atom is -0.508 e. The maximum atomic E-state index is 14.2. The van der Waals surface area contributed by atoms with E-state index in [0.717, 1.165) is 35.1 Å². The SMILES string of the molecule is Oc1ccc(-c2nn(-c3ccc(F)cc3F)c3c2CNCC3)cc1. The average molecular weight is 327 g/mol. The third-order valence-electron chi connectivity index (χ3n) is 4.21. The molecule has 0 aliphatic carbocycles. The van der Waals surface area contributed by atoms with Gasteiger partial charge in [-0.1, -0.05) is 0 Å². The van der Waals surface area contributed by atoms with Crippen LogP contribution < -0.4 is 5.32 Å². The molecule has 6 heteroatoms. The molecular weight excluding hydrogens is 312 g/mol. The highest BCUT2D eigenvalue weighted by molar-refractivity contribution is 5.66. The lowest BCUT2D eigenvalue weighted by Crippen LogP contribution is -2.24. The van der Waals surface area contributed by atoms with Crippen LogP contribution >= 0.6 is 0 Å². The Labute approximate surface area is 137 Å². The van der Waals surface area contributed by atoms with Crippen molar-refractivity contribution < 1.29 is 13.9 Å². The topological polar surface area (TPSA) is 50.1 Å². The Morgan fingerprint density at radius 1 is 1.08 bits per heavy atom. The summed E-state index contributed by atoms with van der Waals surface area (Å²) in [5, 5.41) is 17.3. The predicted molar refractivity (Wildman–Crippen MR) is 86.0 cm³/mol. The summed E-state index contributed by atoms with van der Waals surface area (Å²) >= 11 is 0. The van der Waals surface area contributed by atoms with Gasteiger partial charge >= 0.3 is 0 Å². The quantitative estimate of drug-likeness (QED) is 0.760. The number of phenols is 1. The van der Waals surface area contributed by atoms with E-state index in [-0.39, 0.29) is 11.4 Å². The Balaban J connectivity index is 1.91. The average Bonchev–Trinajstić information content (AvgIpc) is 2.95. The van der Waals surface area contributed by atoms with Crippen molar-refractivity contribution in [1.82, 2.24) is 15.1 Å². The molecule has 0 radical (unpaired) electrons. The molecule has 0 saturated carbocycles. The maximum absolute atomic E-state index is 14.2. The summed E-state index contributed by atoms with van der Waals surface area (Å²) < 4.78 is 29.0. The van der Waals surface area contributed by atoms with Crippen molar-refractivity contribution in [2.75, 3.05) is 6.54 Å². The summed E-state index contributed by atoms with van der Waals surface area (Å²) in [6.45, 7) is 1.41. The first-order valence-electron chi connectivity index (χ1n) is 7.70. The van der Waals surface area contributed by atoms with Crippen molar-refractivity contribution in [3.8, 4) is 22.7 Å². The number of nitrogens with zero attached hydrogens (tertiary/aromatic N) is 2. The molecule has 1 aliphatic rings. The van der Waals surface area contributed by atoms with Gasteiger partial charge in [0, 0.05) is 36.7 Å². The molecule has 0 amide bonds. The largest absolute Gasteiger partial charge is 0.508 e. The highest BCUT2D eigenvalue weighted by atomic mass is 19.1. The zero-order valence-corrected chi connectivity index (χ0v) is 12.8. The van der Waals surface area contributed by atoms with Crippen LogP contribution in [0.4, 0.5) is 8.78 Å². The molecule has 0 spiro atoms.